The molecule has 0 radical (unpaired) electrons. The van der Waals surface area contributed by atoms with Gasteiger partial charge in [0.2, 0.25) is 0 Å². The Hall–Kier alpha value is -2.51. The van der Waals surface area contributed by atoms with Crippen LogP contribution in [0.2, 0.25) is 0 Å². The highest BCUT2D eigenvalue weighted by Gasteiger charge is 1.97. The van der Waals surface area contributed by atoms with Crippen molar-refractivity contribution in [1.29, 1.82) is 5.26 Å². The molecule has 0 atom stereocenters. The number of benzene rings is 2. The second-order valence-electron chi connectivity index (χ2n) is 4.00. The summed E-state index contributed by atoms with van der Waals surface area (Å²) in [7, 11) is 0. The Balaban J connectivity index is 2.36. The van der Waals surface area contributed by atoms with E-state index in [0.717, 1.165) is 23.1 Å². The van der Waals surface area contributed by atoms with Gasteiger partial charge >= 0.3 is 0 Å². The number of hydrogen-bond donors (Lipinski definition) is 0. The number of rotatable bonds is 1. The van der Waals surface area contributed by atoms with Crippen molar-refractivity contribution < 1.29 is 0 Å². The molecular weight excluding hydrogens is 218 g/mol. The smallest absolute Gasteiger partial charge is 0.0992 e. The third-order valence-corrected chi connectivity index (χ3v) is 2.66. The van der Waals surface area contributed by atoms with Gasteiger partial charge in [-0.3, -0.25) is 0 Å². The van der Waals surface area contributed by atoms with Crippen LogP contribution in [0.3, 0.4) is 0 Å². The fraction of sp³-hybridized carbons (Fsp3) is 0.118. The normalized spacial score (nSPS) is 9.11. The monoisotopic (exact) mass is 231 g/mol. The van der Waals surface area contributed by atoms with Crippen molar-refractivity contribution >= 4 is 0 Å². The highest BCUT2D eigenvalue weighted by Crippen LogP contribution is 2.10. The van der Waals surface area contributed by atoms with E-state index in [1.807, 2.05) is 48.5 Å². The molecule has 0 aliphatic carbocycles. The molecule has 1 nitrogen and oxygen atoms in total. The summed E-state index contributed by atoms with van der Waals surface area (Å²) in [6.07, 6.45) is 0.912. The van der Waals surface area contributed by atoms with E-state index in [2.05, 4.69) is 24.8 Å². The van der Waals surface area contributed by atoms with Crippen molar-refractivity contribution in [2.24, 2.45) is 0 Å². The molecule has 86 valence electrons. The Labute approximate surface area is 108 Å². The lowest BCUT2D eigenvalue weighted by Crippen LogP contribution is -1.86. The van der Waals surface area contributed by atoms with Crippen LogP contribution in [0.15, 0.2) is 48.5 Å². The van der Waals surface area contributed by atoms with Crippen LogP contribution < -0.4 is 0 Å². The summed E-state index contributed by atoms with van der Waals surface area (Å²) in [6.45, 7) is 2.07. The molecule has 2 aromatic carbocycles. The van der Waals surface area contributed by atoms with Gasteiger partial charge in [-0.15, -0.1) is 0 Å². The lowest BCUT2D eigenvalue weighted by atomic mass is 10.0. The Morgan fingerprint density at radius 2 is 1.56 bits per heavy atom. The summed E-state index contributed by atoms with van der Waals surface area (Å²) >= 11 is 0. The van der Waals surface area contributed by atoms with Crippen LogP contribution in [-0.2, 0) is 6.42 Å². The van der Waals surface area contributed by atoms with E-state index in [1.54, 1.807) is 0 Å². The molecule has 2 rings (SSSR count). The maximum absolute atomic E-state index is 8.97. The molecule has 0 saturated carbocycles. The summed E-state index contributed by atoms with van der Waals surface area (Å²) < 4.78 is 0. The Morgan fingerprint density at radius 1 is 0.889 bits per heavy atom. The summed E-state index contributed by atoms with van der Waals surface area (Å²) in [5.41, 5.74) is 3.70. The molecule has 0 amide bonds. The third-order valence-electron chi connectivity index (χ3n) is 2.66. The van der Waals surface area contributed by atoms with Crippen LogP contribution in [0.25, 0.3) is 0 Å². The summed E-state index contributed by atoms with van der Waals surface area (Å²) in [4.78, 5) is 0. The molecule has 0 aromatic heterocycles. The first-order chi connectivity index (χ1) is 8.81. The largest absolute Gasteiger partial charge is 0.192 e. The molecule has 18 heavy (non-hydrogen) atoms. The van der Waals surface area contributed by atoms with Gasteiger partial charge in [-0.05, 0) is 42.3 Å². The zero-order chi connectivity index (χ0) is 12.8. The average molecular weight is 231 g/mol. The van der Waals surface area contributed by atoms with Gasteiger partial charge in [0.25, 0.3) is 0 Å². The molecule has 0 unspecified atom stereocenters. The minimum atomic E-state index is 0.673. The van der Waals surface area contributed by atoms with E-state index in [-0.39, 0.29) is 0 Å². The van der Waals surface area contributed by atoms with Gasteiger partial charge in [-0.1, -0.05) is 37.0 Å². The fourth-order valence-corrected chi connectivity index (χ4v) is 1.70. The van der Waals surface area contributed by atoms with E-state index in [1.165, 1.54) is 0 Å². The molecule has 0 saturated heterocycles. The predicted octanol–water partition coefficient (Wildman–Crippen LogP) is 3.52. The number of nitrogens with zero attached hydrogens (tertiary/aromatic N) is 1. The molecular formula is C17H13N. The quantitative estimate of drug-likeness (QED) is 0.689. The molecule has 0 bridgehead atoms. The Kier molecular flexibility index (Phi) is 3.79. The lowest BCUT2D eigenvalue weighted by molar-refractivity contribution is 1.13. The molecule has 2 aromatic rings. The van der Waals surface area contributed by atoms with Gasteiger partial charge in [-0.2, -0.15) is 5.26 Å². The first-order valence-corrected chi connectivity index (χ1v) is 5.93. The van der Waals surface area contributed by atoms with E-state index < -0.39 is 0 Å². The summed E-state index contributed by atoms with van der Waals surface area (Å²) in [5, 5.41) is 8.97. The van der Waals surface area contributed by atoms with Crippen LogP contribution in [0.1, 0.15) is 29.2 Å². The first-order valence-electron chi connectivity index (χ1n) is 5.93. The van der Waals surface area contributed by atoms with Crippen molar-refractivity contribution in [1.82, 2.24) is 0 Å². The predicted molar refractivity (Wildman–Crippen MR) is 73.0 cm³/mol. The van der Waals surface area contributed by atoms with Crippen molar-refractivity contribution in [2.75, 3.05) is 0 Å². The fourth-order valence-electron chi connectivity index (χ4n) is 1.70. The first kappa shape index (κ1) is 12.0. The van der Waals surface area contributed by atoms with Crippen LogP contribution in [-0.4, -0.2) is 0 Å². The van der Waals surface area contributed by atoms with Crippen molar-refractivity contribution in [3.63, 3.8) is 0 Å². The third kappa shape index (κ3) is 3.00. The second kappa shape index (κ2) is 5.71. The Bertz CT molecular complexity index is 637. The number of nitriles is 1. The molecule has 0 aliphatic heterocycles. The maximum atomic E-state index is 8.97. The number of hydrogen-bond acceptors (Lipinski definition) is 1. The second-order valence-corrected chi connectivity index (χ2v) is 4.00. The standard InChI is InChI=1S/C17H13N/c1-2-14-10-16(12-17(11-14)13-18)9-8-15-6-4-3-5-7-15/h3-7,10-12H,2H2,1H3. The van der Waals surface area contributed by atoms with Crippen LogP contribution in [0, 0.1) is 23.2 Å². The van der Waals surface area contributed by atoms with Gasteiger partial charge in [0.05, 0.1) is 11.6 Å². The minimum Gasteiger partial charge on any atom is -0.192 e. The Morgan fingerprint density at radius 3 is 2.22 bits per heavy atom. The zero-order valence-corrected chi connectivity index (χ0v) is 10.3. The highest BCUT2D eigenvalue weighted by atomic mass is 14.2. The average Bonchev–Trinajstić information content (AvgIpc) is 2.45. The van der Waals surface area contributed by atoms with Crippen LogP contribution >= 0.6 is 0 Å². The topological polar surface area (TPSA) is 23.8 Å². The number of aryl methyl sites for hydroxylation is 1. The van der Waals surface area contributed by atoms with Crippen molar-refractivity contribution in [3.8, 4) is 17.9 Å². The minimum absolute atomic E-state index is 0.673. The van der Waals surface area contributed by atoms with Gasteiger partial charge in [0.15, 0.2) is 0 Å². The summed E-state index contributed by atoms with van der Waals surface area (Å²) in [6, 6.07) is 17.8. The van der Waals surface area contributed by atoms with Gasteiger partial charge < -0.3 is 0 Å². The lowest BCUT2D eigenvalue weighted by Gasteiger charge is -1.99. The maximum Gasteiger partial charge on any atom is 0.0992 e. The van der Waals surface area contributed by atoms with Gasteiger partial charge in [0.1, 0.15) is 0 Å². The molecule has 0 heterocycles. The van der Waals surface area contributed by atoms with Crippen molar-refractivity contribution in [2.45, 2.75) is 13.3 Å². The van der Waals surface area contributed by atoms with Gasteiger partial charge in [0, 0.05) is 11.1 Å². The van der Waals surface area contributed by atoms with Gasteiger partial charge in [-0.25, -0.2) is 0 Å². The van der Waals surface area contributed by atoms with Crippen LogP contribution in [0.4, 0.5) is 0 Å². The van der Waals surface area contributed by atoms with Crippen LogP contribution in [0.5, 0.6) is 0 Å². The SMILES string of the molecule is CCc1cc(C#N)cc(C#Cc2ccccc2)c1. The molecule has 0 aliphatic rings. The molecule has 1 heteroatoms. The van der Waals surface area contributed by atoms with E-state index in [0.29, 0.717) is 5.56 Å². The summed E-state index contributed by atoms with van der Waals surface area (Å²) in [5.74, 6) is 6.21. The zero-order valence-electron chi connectivity index (χ0n) is 10.3. The van der Waals surface area contributed by atoms with E-state index in [4.69, 9.17) is 5.26 Å². The highest BCUT2D eigenvalue weighted by molar-refractivity contribution is 5.48. The molecule has 0 N–H and O–H groups in total. The molecule has 0 spiro atoms. The van der Waals surface area contributed by atoms with E-state index >= 15 is 0 Å². The molecule has 0 fully saturated rings. The van der Waals surface area contributed by atoms with E-state index in [9.17, 15) is 0 Å². The van der Waals surface area contributed by atoms with Crippen molar-refractivity contribution in [3.05, 3.63) is 70.8 Å².